The van der Waals surface area contributed by atoms with Gasteiger partial charge in [0.05, 0.1) is 18.3 Å². The SMILES string of the molecule is CC(c1cc2ccccc2o1)N(C)C(=O)CSc1nnc(CN2CCCC2=O)o1. The number of likely N-dealkylation sites (tertiary alicyclic amines) is 1. The van der Waals surface area contributed by atoms with Crippen molar-refractivity contribution in [1.82, 2.24) is 20.0 Å². The number of para-hydroxylation sites is 1. The van der Waals surface area contributed by atoms with Crippen LogP contribution in [0.3, 0.4) is 0 Å². The molecule has 0 spiro atoms. The van der Waals surface area contributed by atoms with Gasteiger partial charge in [-0.1, -0.05) is 30.0 Å². The van der Waals surface area contributed by atoms with Gasteiger partial charge in [0.1, 0.15) is 11.3 Å². The van der Waals surface area contributed by atoms with Crippen molar-refractivity contribution in [1.29, 1.82) is 0 Å². The predicted octanol–water partition coefficient (Wildman–Crippen LogP) is 3.25. The summed E-state index contributed by atoms with van der Waals surface area (Å²) >= 11 is 1.19. The lowest BCUT2D eigenvalue weighted by atomic mass is 10.2. The van der Waals surface area contributed by atoms with Gasteiger partial charge in [0.25, 0.3) is 5.22 Å². The average Bonchev–Trinajstić information content (AvgIpc) is 3.45. The molecule has 3 aromatic rings. The number of rotatable bonds is 7. The van der Waals surface area contributed by atoms with E-state index in [1.807, 2.05) is 37.3 Å². The van der Waals surface area contributed by atoms with E-state index in [-0.39, 0.29) is 23.6 Å². The fourth-order valence-corrected chi connectivity index (χ4v) is 3.94. The molecule has 1 aliphatic heterocycles. The first kappa shape index (κ1) is 19.5. The van der Waals surface area contributed by atoms with Gasteiger partial charge in [0, 0.05) is 25.4 Å². The van der Waals surface area contributed by atoms with Crippen LogP contribution in [0.1, 0.15) is 37.5 Å². The summed E-state index contributed by atoms with van der Waals surface area (Å²) in [5.41, 5.74) is 0.805. The number of fused-ring (bicyclic) bond motifs is 1. The lowest BCUT2D eigenvalue weighted by Crippen LogP contribution is -2.30. The number of amides is 2. The Labute approximate surface area is 172 Å². The first-order valence-electron chi connectivity index (χ1n) is 9.48. The van der Waals surface area contributed by atoms with Gasteiger partial charge < -0.3 is 18.6 Å². The van der Waals surface area contributed by atoms with Gasteiger partial charge in [-0.3, -0.25) is 9.59 Å². The topological polar surface area (TPSA) is 92.7 Å². The van der Waals surface area contributed by atoms with Gasteiger partial charge in [-0.15, -0.1) is 10.2 Å². The van der Waals surface area contributed by atoms with Crippen molar-refractivity contribution < 1.29 is 18.4 Å². The lowest BCUT2D eigenvalue weighted by molar-refractivity contribution is -0.129. The van der Waals surface area contributed by atoms with Crippen LogP contribution in [0.2, 0.25) is 0 Å². The highest BCUT2D eigenvalue weighted by Crippen LogP contribution is 2.27. The summed E-state index contributed by atoms with van der Waals surface area (Å²) in [5.74, 6) is 1.33. The predicted molar refractivity (Wildman–Crippen MR) is 107 cm³/mol. The molecule has 9 heteroatoms. The Kier molecular flexibility index (Phi) is 5.57. The molecular weight excluding hydrogens is 392 g/mol. The molecule has 1 aromatic carbocycles. The van der Waals surface area contributed by atoms with Crippen LogP contribution in [-0.4, -0.2) is 51.2 Å². The van der Waals surface area contributed by atoms with Crippen LogP contribution in [0.15, 0.2) is 44.4 Å². The Morgan fingerprint density at radius 2 is 2.14 bits per heavy atom. The highest BCUT2D eigenvalue weighted by Gasteiger charge is 2.24. The van der Waals surface area contributed by atoms with E-state index < -0.39 is 0 Å². The summed E-state index contributed by atoms with van der Waals surface area (Å²) in [5, 5.41) is 9.28. The molecule has 0 N–H and O–H groups in total. The van der Waals surface area contributed by atoms with E-state index in [1.165, 1.54) is 11.8 Å². The number of nitrogens with zero attached hydrogens (tertiary/aromatic N) is 4. The Balaban J connectivity index is 1.32. The van der Waals surface area contributed by atoms with E-state index in [0.717, 1.165) is 23.2 Å². The summed E-state index contributed by atoms with van der Waals surface area (Å²) in [6.07, 6.45) is 1.43. The fraction of sp³-hybridized carbons (Fsp3) is 0.400. The minimum absolute atomic E-state index is 0.0718. The molecule has 1 atom stereocenters. The van der Waals surface area contributed by atoms with Crippen LogP contribution in [0, 0.1) is 0 Å². The molecule has 2 aromatic heterocycles. The minimum atomic E-state index is -0.199. The van der Waals surface area contributed by atoms with Crippen LogP contribution >= 0.6 is 11.8 Å². The van der Waals surface area contributed by atoms with Gasteiger partial charge in [-0.05, 0) is 25.5 Å². The molecule has 0 saturated carbocycles. The quantitative estimate of drug-likeness (QED) is 0.548. The first-order valence-corrected chi connectivity index (χ1v) is 10.5. The van der Waals surface area contributed by atoms with Gasteiger partial charge in [-0.2, -0.15) is 0 Å². The van der Waals surface area contributed by atoms with Crippen LogP contribution in [0.5, 0.6) is 0 Å². The number of aromatic nitrogens is 2. The number of carbonyl (C=O) groups is 2. The highest BCUT2D eigenvalue weighted by molar-refractivity contribution is 7.99. The molecule has 3 heterocycles. The first-order chi connectivity index (χ1) is 14.0. The van der Waals surface area contributed by atoms with E-state index >= 15 is 0 Å². The fourth-order valence-electron chi connectivity index (χ4n) is 3.24. The molecule has 1 unspecified atom stereocenters. The third-order valence-electron chi connectivity index (χ3n) is 5.10. The number of thioether (sulfide) groups is 1. The Morgan fingerprint density at radius 3 is 2.90 bits per heavy atom. The monoisotopic (exact) mass is 414 g/mol. The highest BCUT2D eigenvalue weighted by atomic mass is 32.2. The summed E-state index contributed by atoms with van der Waals surface area (Å²) in [7, 11) is 1.75. The number of hydrogen-bond acceptors (Lipinski definition) is 7. The molecule has 2 amide bonds. The summed E-state index contributed by atoms with van der Waals surface area (Å²) in [6, 6.07) is 9.53. The maximum Gasteiger partial charge on any atom is 0.277 e. The Bertz CT molecular complexity index is 997. The number of benzene rings is 1. The van der Waals surface area contributed by atoms with Gasteiger partial charge in [-0.25, -0.2) is 0 Å². The van der Waals surface area contributed by atoms with E-state index in [1.54, 1.807) is 16.8 Å². The van der Waals surface area contributed by atoms with E-state index in [9.17, 15) is 9.59 Å². The molecule has 4 rings (SSSR count). The summed E-state index contributed by atoms with van der Waals surface area (Å²) < 4.78 is 11.4. The van der Waals surface area contributed by atoms with Crippen LogP contribution in [0.25, 0.3) is 11.0 Å². The molecular formula is C20H22N4O4S. The van der Waals surface area contributed by atoms with Crippen molar-refractivity contribution >= 4 is 34.5 Å². The summed E-state index contributed by atoms with van der Waals surface area (Å²) in [6.45, 7) is 2.97. The Morgan fingerprint density at radius 1 is 1.31 bits per heavy atom. The second-order valence-corrected chi connectivity index (χ2v) is 7.96. The zero-order valence-corrected chi connectivity index (χ0v) is 17.1. The van der Waals surface area contributed by atoms with E-state index in [0.29, 0.717) is 30.6 Å². The molecule has 8 nitrogen and oxygen atoms in total. The second-order valence-electron chi connectivity index (χ2n) is 7.04. The van der Waals surface area contributed by atoms with Crippen molar-refractivity contribution in [2.45, 2.75) is 37.6 Å². The third kappa shape index (κ3) is 4.29. The minimum Gasteiger partial charge on any atom is -0.459 e. The summed E-state index contributed by atoms with van der Waals surface area (Å²) in [4.78, 5) is 27.6. The van der Waals surface area contributed by atoms with Crippen LogP contribution in [0.4, 0.5) is 0 Å². The van der Waals surface area contributed by atoms with Gasteiger partial charge in [0.15, 0.2) is 0 Å². The van der Waals surface area contributed by atoms with E-state index in [2.05, 4.69) is 10.2 Å². The molecule has 29 heavy (non-hydrogen) atoms. The standard InChI is InChI=1S/C20H22N4O4S/c1-13(16-10-14-6-3-4-7-15(14)27-16)23(2)19(26)12-29-20-22-21-17(28-20)11-24-9-5-8-18(24)25/h3-4,6-7,10,13H,5,8-9,11-12H2,1-2H3. The molecule has 152 valence electrons. The number of carbonyl (C=O) groups excluding carboxylic acids is 2. The zero-order chi connectivity index (χ0) is 20.4. The number of hydrogen-bond donors (Lipinski definition) is 0. The molecule has 1 fully saturated rings. The zero-order valence-electron chi connectivity index (χ0n) is 16.3. The van der Waals surface area contributed by atoms with Crippen LogP contribution < -0.4 is 0 Å². The second kappa shape index (κ2) is 8.28. The molecule has 1 saturated heterocycles. The molecule has 0 aliphatic carbocycles. The van der Waals surface area contributed by atoms with Crippen molar-refractivity contribution in [2.24, 2.45) is 0 Å². The molecule has 0 bridgehead atoms. The smallest absolute Gasteiger partial charge is 0.277 e. The lowest BCUT2D eigenvalue weighted by Gasteiger charge is -2.22. The number of furan rings is 1. The normalized spacial score (nSPS) is 15.2. The molecule has 1 aliphatic rings. The van der Waals surface area contributed by atoms with Crippen LogP contribution in [-0.2, 0) is 16.1 Å². The third-order valence-corrected chi connectivity index (χ3v) is 5.90. The largest absolute Gasteiger partial charge is 0.459 e. The van der Waals surface area contributed by atoms with Crippen molar-refractivity contribution in [3.05, 3.63) is 42.0 Å². The van der Waals surface area contributed by atoms with Gasteiger partial charge in [0.2, 0.25) is 17.7 Å². The Hall–Kier alpha value is -2.81. The average molecular weight is 414 g/mol. The van der Waals surface area contributed by atoms with Crippen molar-refractivity contribution in [2.75, 3.05) is 19.3 Å². The van der Waals surface area contributed by atoms with Crippen molar-refractivity contribution in [3.63, 3.8) is 0 Å². The van der Waals surface area contributed by atoms with Crippen molar-refractivity contribution in [3.8, 4) is 0 Å². The molecule has 0 radical (unpaired) electrons. The van der Waals surface area contributed by atoms with E-state index in [4.69, 9.17) is 8.83 Å². The maximum absolute atomic E-state index is 12.6. The maximum atomic E-state index is 12.6. The van der Waals surface area contributed by atoms with Gasteiger partial charge >= 0.3 is 0 Å².